The predicted octanol–water partition coefficient (Wildman–Crippen LogP) is 1.25. The van der Waals surface area contributed by atoms with E-state index in [0.717, 1.165) is 18.4 Å². The molecule has 2 aliphatic heterocycles. The van der Waals surface area contributed by atoms with E-state index < -0.39 is 22.1 Å². The minimum Gasteiger partial charge on any atom is -0.479 e. The number of fused-ring (bicyclic) bond motifs is 1. The molecule has 0 radical (unpaired) electrons. The zero-order chi connectivity index (χ0) is 15.0. The molecule has 1 saturated heterocycles. The number of carboxylic acid groups (broad SMARTS) is 1. The van der Waals surface area contributed by atoms with Crippen molar-refractivity contribution in [2.24, 2.45) is 0 Å². The van der Waals surface area contributed by atoms with Gasteiger partial charge in [0.25, 0.3) is 0 Å². The van der Waals surface area contributed by atoms with Gasteiger partial charge in [-0.25, -0.2) is 13.2 Å². The third-order valence-electron chi connectivity index (χ3n) is 3.96. The van der Waals surface area contributed by atoms with Crippen molar-refractivity contribution >= 4 is 16.0 Å². The molecule has 0 bridgehead atoms. The van der Waals surface area contributed by atoms with Crippen LogP contribution >= 0.6 is 0 Å². The van der Waals surface area contributed by atoms with Gasteiger partial charge in [-0.3, -0.25) is 0 Å². The molecule has 0 spiro atoms. The van der Waals surface area contributed by atoms with Gasteiger partial charge in [-0.05, 0) is 49.4 Å². The van der Waals surface area contributed by atoms with Gasteiger partial charge in [0.1, 0.15) is 5.75 Å². The molecular formula is C14H17NO5S. The summed E-state index contributed by atoms with van der Waals surface area (Å²) in [4.78, 5) is 11.2. The van der Waals surface area contributed by atoms with Crippen LogP contribution in [0.3, 0.4) is 0 Å². The zero-order valence-electron chi connectivity index (χ0n) is 11.5. The molecule has 0 aliphatic carbocycles. The number of hydrogen-bond acceptors (Lipinski definition) is 4. The molecule has 2 aliphatic rings. The standard InChI is InChI=1S/C14H17NO5S/c16-14(17)13-5-3-10-9-11(4-6-12(10)20-13)21(18,19)15-7-1-2-8-15/h4,6,9,13H,1-3,5,7-8H2,(H,16,17)/t13-/m0/s1. The Bertz CT molecular complexity index is 664. The van der Waals surface area contributed by atoms with Gasteiger partial charge in [0.2, 0.25) is 10.0 Å². The Kier molecular flexibility index (Phi) is 3.62. The van der Waals surface area contributed by atoms with Crippen molar-refractivity contribution in [2.75, 3.05) is 13.1 Å². The average molecular weight is 311 g/mol. The highest BCUT2D eigenvalue weighted by Crippen LogP contribution is 2.31. The second kappa shape index (κ2) is 5.31. The normalized spacial score (nSPS) is 22.6. The molecule has 7 heteroatoms. The molecule has 0 aromatic heterocycles. The lowest BCUT2D eigenvalue weighted by Crippen LogP contribution is -2.31. The number of aryl methyl sites for hydroxylation is 1. The second-order valence-corrected chi connectivity index (χ2v) is 7.30. The SMILES string of the molecule is O=C(O)[C@@H]1CCc2cc(S(=O)(=O)N3CCCC3)ccc2O1. The molecule has 1 fully saturated rings. The summed E-state index contributed by atoms with van der Waals surface area (Å²) in [5.41, 5.74) is 0.757. The number of carbonyl (C=O) groups is 1. The van der Waals surface area contributed by atoms with E-state index in [1.54, 1.807) is 12.1 Å². The van der Waals surface area contributed by atoms with Crippen LogP contribution in [0.1, 0.15) is 24.8 Å². The van der Waals surface area contributed by atoms with E-state index >= 15 is 0 Å². The average Bonchev–Trinajstić information content (AvgIpc) is 3.01. The maximum atomic E-state index is 12.5. The Morgan fingerprint density at radius 3 is 2.67 bits per heavy atom. The van der Waals surface area contributed by atoms with Gasteiger partial charge in [0.05, 0.1) is 4.90 Å². The summed E-state index contributed by atoms with van der Waals surface area (Å²) >= 11 is 0. The first kappa shape index (κ1) is 14.3. The third-order valence-corrected chi connectivity index (χ3v) is 5.85. The van der Waals surface area contributed by atoms with E-state index in [9.17, 15) is 13.2 Å². The fourth-order valence-corrected chi connectivity index (χ4v) is 4.35. The summed E-state index contributed by atoms with van der Waals surface area (Å²) in [6.07, 6.45) is 1.81. The maximum Gasteiger partial charge on any atom is 0.344 e. The molecule has 1 aromatic rings. The molecule has 0 amide bonds. The predicted molar refractivity (Wildman–Crippen MR) is 74.8 cm³/mol. The molecule has 6 nitrogen and oxygen atoms in total. The number of sulfonamides is 1. The molecule has 114 valence electrons. The van der Waals surface area contributed by atoms with Gasteiger partial charge < -0.3 is 9.84 Å². The van der Waals surface area contributed by atoms with Gasteiger partial charge in [-0.1, -0.05) is 0 Å². The van der Waals surface area contributed by atoms with Gasteiger partial charge >= 0.3 is 5.97 Å². The van der Waals surface area contributed by atoms with Crippen LogP contribution in [0.4, 0.5) is 0 Å². The first-order valence-electron chi connectivity index (χ1n) is 7.01. The number of aliphatic carboxylic acids is 1. The first-order valence-corrected chi connectivity index (χ1v) is 8.45. The molecule has 1 aromatic carbocycles. The van der Waals surface area contributed by atoms with Crippen molar-refractivity contribution < 1.29 is 23.1 Å². The summed E-state index contributed by atoms with van der Waals surface area (Å²) in [5, 5.41) is 8.96. The van der Waals surface area contributed by atoms with Crippen LogP contribution in [-0.2, 0) is 21.2 Å². The Labute approximate surface area is 123 Å². The topological polar surface area (TPSA) is 83.9 Å². The number of rotatable bonds is 3. The van der Waals surface area contributed by atoms with Crippen LogP contribution in [0.25, 0.3) is 0 Å². The van der Waals surface area contributed by atoms with Gasteiger partial charge in [-0.15, -0.1) is 0 Å². The Hall–Kier alpha value is -1.60. The largest absolute Gasteiger partial charge is 0.479 e. The van der Waals surface area contributed by atoms with Crippen LogP contribution in [0.15, 0.2) is 23.1 Å². The van der Waals surface area contributed by atoms with E-state index in [0.29, 0.717) is 31.7 Å². The van der Waals surface area contributed by atoms with Crippen LogP contribution < -0.4 is 4.74 Å². The minimum atomic E-state index is -3.44. The summed E-state index contributed by atoms with van der Waals surface area (Å²) in [6.45, 7) is 1.13. The quantitative estimate of drug-likeness (QED) is 0.908. The van der Waals surface area contributed by atoms with Crippen molar-refractivity contribution in [1.29, 1.82) is 0 Å². The van der Waals surface area contributed by atoms with E-state index in [4.69, 9.17) is 9.84 Å². The summed E-state index contributed by atoms with van der Waals surface area (Å²) in [6, 6.07) is 4.67. The highest BCUT2D eigenvalue weighted by molar-refractivity contribution is 7.89. The highest BCUT2D eigenvalue weighted by atomic mass is 32.2. The van der Waals surface area contributed by atoms with Gasteiger partial charge in [0.15, 0.2) is 6.10 Å². The number of nitrogens with zero attached hydrogens (tertiary/aromatic N) is 1. The number of hydrogen-bond donors (Lipinski definition) is 1. The van der Waals surface area contributed by atoms with E-state index in [2.05, 4.69) is 0 Å². The third kappa shape index (κ3) is 2.63. The summed E-state index contributed by atoms with van der Waals surface area (Å²) < 4.78 is 31.8. The summed E-state index contributed by atoms with van der Waals surface area (Å²) in [5.74, 6) is -0.525. The molecule has 1 atom stereocenters. The fourth-order valence-electron chi connectivity index (χ4n) is 2.78. The van der Waals surface area contributed by atoms with Crippen molar-refractivity contribution in [1.82, 2.24) is 4.31 Å². The van der Waals surface area contributed by atoms with Crippen molar-refractivity contribution in [3.63, 3.8) is 0 Å². The van der Waals surface area contributed by atoms with Crippen molar-refractivity contribution in [3.05, 3.63) is 23.8 Å². The zero-order valence-corrected chi connectivity index (χ0v) is 12.3. The molecule has 3 rings (SSSR count). The Morgan fingerprint density at radius 1 is 1.29 bits per heavy atom. The number of carboxylic acids is 1. The first-order chi connectivity index (χ1) is 9.98. The van der Waals surface area contributed by atoms with Crippen LogP contribution in [0.5, 0.6) is 5.75 Å². The van der Waals surface area contributed by atoms with Gasteiger partial charge in [0, 0.05) is 13.1 Å². The van der Waals surface area contributed by atoms with E-state index in [1.807, 2.05) is 0 Å². The lowest BCUT2D eigenvalue weighted by atomic mass is 10.0. The van der Waals surface area contributed by atoms with Gasteiger partial charge in [-0.2, -0.15) is 4.31 Å². The molecule has 21 heavy (non-hydrogen) atoms. The highest BCUT2D eigenvalue weighted by Gasteiger charge is 2.30. The molecule has 0 unspecified atom stereocenters. The van der Waals surface area contributed by atoms with E-state index in [1.165, 1.54) is 10.4 Å². The smallest absolute Gasteiger partial charge is 0.344 e. The molecule has 0 saturated carbocycles. The van der Waals surface area contributed by atoms with Crippen LogP contribution in [0.2, 0.25) is 0 Å². The number of ether oxygens (including phenoxy) is 1. The lowest BCUT2D eigenvalue weighted by molar-refractivity contribution is -0.145. The Morgan fingerprint density at radius 2 is 2.00 bits per heavy atom. The minimum absolute atomic E-state index is 0.264. The second-order valence-electron chi connectivity index (χ2n) is 5.36. The monoisotopic (exact) mass is 311 g/mol. The van der Waals surface area contributed by atoms with E-state index in [-0.39, 0.29) is 4.90 Å². The molecular weight excluding hydrogens is 294 g/mol. The van der Waals surface area contributed by atoms with Crippen LogP contribution in [0, 0.1) is 0 Å². The Balaban J connectivity index is 1.89. The summed E-state index contributed by atoms with van der Waals surface area (Å²) in [7, 11) is -3.44. The number of benzene rings is 1. The van der Waals surface area contributed by atoms with Crippen molar-refractivity contribution in [3.8, 4) is 5.75 Å². The van der Waals surface area contributed by atoms with Crippen molar-refractivity contribution in [2.45, 2.75) is 36.7 Å². The fraction of sp³-hybridized carbons (Fsp3) is 0.500. The molecule has 2 heterocycles. The van der Waals surface area contributed by atoms with Crippen LogP contribution in [-0.4, -0.2) is 43.0 Å². The lowest BCUT2D eigenvalue weighted by Gasteiger charge is -2.24. The maximum absolute atomic E-state index is 12.5. The molecule has 1 N–H and O–H groups in total.